The summed E-state index contributed by atoms with van der Waals surface area (Å²) in [5.41, 5.74) is 3.99. The van der Waals surface area contributed by atoms with Gasteiger partial charge in [0.2, 0.25) is 0 Å². The van der Waals surface area contributed by atoms with Gasteiger partial charge in [-0.3, -0.25) is 11.3 Å². The normalized spacial score (nSPS) is 11.4. The van der Waals surface area contributed by atoms with Crippen molar-refractivity contribution in [2.75, 3.05) is 0 Å². The minimum Gasteiger partial charge on any atom is -1.00 e. The van der Waals surface area contributed by atoms with Gasteiger partial charge in [-0.25, -0.2) is 0 Å². The second-order valence-corrected chi connectivity index (χ2v) is 7.54. The minimum atomic E-state index is 0. The number of unbranched alkanes of at least 4 members (excludes halogenated alkanes) is 1. The predicted octanol–water partition coefficient (Wildman–Crippen LogP) is 3.36. The summed E-state index contributed by atoms with van der Waals surface area (Å²) in [5.74, 6) is 0.835. The van der Waals surface area contributed by atoms with E-state index in [2.05, 4.69) is 65.5 Å². The number of benzene rings is 1. The Balaban J connectivity index is 0.00000220. The van der Waals surface area contributed by atoms with Gasteiger partial charge >= 0.3 is 23.1 Å². The molecular weight excluding hydrogens is 388 g/mol. The van der Waals surface area contributed by atoms with Gasteiger partial charge in [-0.2, -0.15) is 6.07 Å². The molecule has 0 N–H and O–H groups in total. The molecule has 0 radical (unpaired) electrons. The van der Waals surface area contributed by atoms with Crippen molar-refractivity contribution in [1.29, 1.82) is 0 Å². The van der Waals surface area contributed by atoms with E-state index in [-0.39, 0.29) is 35.5 Å². The molecule has 1 aromatic carbocycles. The van der Waals surface area contributed by atoms with Crippen molar-refractivity contribution in [3.63, 3.8) is 0 Å². The molecule has 1 atom stereocenters. The number of halogens is 2. The van der Waals surface area contributed by atoms with Crippen molar-refractivity contribution < 1.29 is 12.4 Å². The first-order valence-corrected chi connectivity index (χ1v) is 9.10. The Morgan fingerprint density at radius 1 is 1.18 bits per heavy atom. The molecule has 0 amide bonds. The molecule has 22 heavy (non-hydrogen) atoms. The van der Waals surface area contributed by atoms with Gasteiger partial charge in [-0.1, -0.05) is 73.1 Å². The first-order chi connectivity index (χ1) is 9.74. The number of thiophene rings is 1. The molecule has 0 aliphatic carbocycles. The summed E-state index contributed by atoms with van der Waals surface area (Å²) in [5, 5.41) is 3.17. The Morgan fingerprint density at radius 3 is 2.36 bits per heavy atom. The van der Waals surface area contributed by atoms with Gasteiger partial charge in [-0.05, 0) is 17.9 Å². The standard InChI is InChI=1S/C18H22BrS.ClH.Mg/c1-3-5-6-14(4-2)13-15-7-9-16(10-8-15)17-11-12-20-18(17)19;;/h7-11,14H,3-6,13H2,1-2H3;1H;/q-1;;+2/p-1. The summed E-state index contributed by atoms with van der Waals surface area (Å²) in [6.45, 7) is 4.59. The van der Waals surface area contributed by atoms with Crippen molar-refractivity contribution in [2.45, 2.75) is 46.0 Å². The van der Waals surface area contributed by atoms with Gasteiger partial charge in [0.05, 0.1) is 0 Å². The van der Waals surface area contributed by atoms with Crippen LogP contribution < -0.4 is 12.4 Å². The van der Waals surface area contributed by atoms with Crippen LogP contribution in [0, 0.1) is 11.3 Å². The molecule has 2 rings (SSSR count). The third-order valence-corrected chi connectivity index (χ3v) is 5.44. The van der Waals surface area contributed by atoms with Gasteiger partial charge in [0.1, 0.15) is 0 Å². The quantitative estimate of drug-likeness (QED) is 0.486. The van der Waals surface area contributed by atoms with Gasteiger partial charge < -0.3 is 12.4 Å². The van der Waals surface area contributed by atoms with E-state index in [0.717, 1.165) is 5.92 Å². The summed E-state index contributed by atoms with van der Waals surface area (Å²) < 4.78 is 1.17. The van der Waals surface area contributed by atoms with Crippen molar-refractivity contribution >= 4 is 50.3 Å². The van der Waals surface area contributed by atoms with Crippen LogP contribution in [0.15, 0.2) is 34.1 Å². The SMILES string of the molecule is CCCCC(CC)Cc1ccc(-c2c[c-]sc2Br)cc1.[Cl-].[Mg+2]. The molecule has 0 spiro atoms. The summed E-state index contributed by atoms with van der Waals surface area (Å²) in [6.07, 6.45) is 6.52. The van der Waals surface area contributed by atoms with E-state index in [4.69, 9.17) is 0 Å². The Labute approximate surface area is 169 Å². The average Bonchev–Trinajstić information content (AvgIpc) is 2.90. The molecule has 1 unspecified atom stereocenters. The smallest absolute Gasteiger partial charge is 1.00 e. The van der Waals surface area contributed by atoms with E-state index >= 15 is 0 Å². The van der Waals surface area contributed by atoms with Gasteiger partial charge in [0, 0.05) is 0 Å². The molecule has 0 nitrogen and oxygen atoms in total. The van der Waals surface area contributed by atoms with E-state index < -0.39 is 0 Å². The fraction of sp³-hybridized carbons (Fsp3) is 0.444. The second kappa shape index (κ2) is 11.9. The Morgan fingerprint density at radius 2 is 1.86 bits per heavy atom. The van der Waals surface area contributed by atoms with Crippen molar-refractivity contribution in [3.8, 4) is 11.1 Å². The van der Waals surface area contributed by atoms with Crippen LogP contribution in [-0.2, 0) is 6.42 Å². The van der Waals surface area contributed by atoms with Crippen LogP contribution in [0.25, 0.3) is 11.1 Å². The maximum absolute atomic E-state index is 3.59. The van der Waals surface area contributed by atoms with Crippen molar-refractivity contribution in [3.05, 3.63) is 45.1 Å². The molecule has 0 fully saturated rings. The zero-order chi connectivity index (χ0) is 14.4. The van der Waals surface area contributed by atoms with Crippen LogP contribution in [0.5, 0.6) is 0 Å². The number of hydrogen-bond acceptors (Lipinski definition) is 1. The predicted molar refractivity (Wildman–Crippen MR) is 99.1 cm³/mol. The second-order valence-electron chi connectivity index (χ2n) is 5.37. The van der Waals surface area contributed by atoms with Crippen LogP contribution in [0.4, 0.5) is 0 Å². The molecular formula is C18H22BrClMgS. The maximum atomic E-state index is 3.59. The van der Waals surface area contributed by atoms with Gasteiger partial charge in [0.15, 0.2) is 0 Å². The zero-order valence-electron chi connectivity index (χ0n) is 13.4. The van der Waals surface area contributed by atoms with Crippen molar-refractivity contribution in [1.82, 2.24) is 0 Å². The topological polar surface area (TPSA) is 0 Å². The molecule has 0 saturated heterocycles. The number of hydrogen-bond donors (Lipinski definition) is 0. The Kier molecular flexibility index (Phi) is 12.2. The number of rotatable bonds is 7. The summed E-state index contributed by atoms with van der Waals surface area (Å²) in [7, 11) is 0. The maximum Gasteiger partial charge on any atom is 2.00 e. The third-order valence-electron chi connectivity index (χ3n) is 3.90. The van der Waals surface area contributed by atoms with Gasteiger partial charge in [0.25, 0.3) is 0 Å². The van der Waals surface area contributed by atoms with Crippen LogP contribution in [0.2, 0.25) is 0 Å². The molecule has 0 saturated carbocycles. The van der Waals surface area contributed by atoms with Crippen LogP contribution in [0.1, 0.15) is 45.1 Å². The first-order valence-electron chi connectivity index (χ1n) is 7.49. The van der Waals surface area contributed by atoms with E-state index in [1.807, 2.05) is 0 Å². The Hall–Kier alpha value is 0.456. The van der Waals surface area contributed by atoms with Gasteiger partial charge in [-0.15, -0.1) is 26.9 Å². The largest absolute Gasteiger partial charge is 2.00 e. The summed E-state index contributed by atoms with van der Waals surface area (Å²) >= 11 is 5.21. The monoisotopic (exact) mass is 408 g/mol. The van der Waals surface area contributed by atoms with Crippen molar-refractivity contribution in [2.24, 2.45) is 5.92 Å². The Bertz CT molecular complexity index is 524. The van der Waals surface area contributed by atoms with Crippen LogP contribution in [-0.4, -0.2) is 23.1 Å². The molecule has 116 valence electrons. The molecule has 0 aliphatic rings. The van der Waals surface area contributed by atoms with Crippen LogP contribution in [0.3, 0.4) is 0 Å². The van der Waals surface area contributed by atoms with E-state index in [1.54, 1.807) is 11.3 Å². The summed E-state index contributed by atoms with van der Waals surface area (Å²) in [6, 6.07) is 11.1. The molecule has 2 aromatic rings. The molecule has 0 bridgehead atoms. The third kappa shape index (κ3) is 6.52. The first kappa shape index (κ1) is 22.5. The molecule has 4 heteroatoms. The molecule has 1 aromatic heterocycles. The fourth-order valence-electron chi connectivity index (χ4n) is 2.55. The molecule has 0 aliphatic heterocycles. The fourth-order valence-corrected chi connectivity index (χ4v) is 3.74. The van der Waals surface area contributed by atoms with Crippen LogP contribution >= 0.6 is 27.3 Å². The zero-order valence-corrected chi connectivity index (χ0v) is 17.9. The summed E-state index contributed by atoms with van der Waals surface area (Å²) in [4.78, 5) is 0. The average molecular weight is 410 g/mol. The van der Waals surface area contributed by atoms with E-state index in [1.165, 1.54) is 52.6 Å². The minimum absolute atomic E-state index is 0. The van der Waals surface area contributed by atoms with E-state index in [9.17, 15) is 0 Å². The van der Waals surface area contributed by atoms with E-state index in [0.29, 0.717) is 0 Å². The molecule has 1 heterocycles.